The van der Waals surface area contributed by atoms with E-state index in [1.807, 2.05) is 60.7 Å². The van der Waals surface area contributed by atoms with Crippen LogP contribution in [0.5, 0.6) is 0 Å². The molecule has 0 heterocycles. The molecule has 0 aliphatic heterocycles. The third kappa shape index (κ3) is 3.51. The Morgan fingerprint density at radius 1 is 1.03 bits per heavy atom. The molecule has 160 valence electrons. The zero-order chi connectivity index (χ0) is 21.6. The molecule has 4 rings (SSSR count). The molecule has 2 aliphatic rings. The van der Waals surface area contributed by atoms with Crippen LogP contribution >= 0.6 is 0 Å². The van der Waals surface area contributed by atoms with Crippen molar-refractivity contribution in [1.82, 2.24) is 4.72 Å². The van der Waals surface area contributed by atoms with Crippen molar-refractivity contribution >= 4 is 15.8 Å². The van der Waals surface area contributed by atoms with Crippen LogP contribution in [0, 0.1) is 16.7 Å². The van der Waals surface area contributed by atoms with Crippen molar-refractivity contribution in [3.63, 3.8) is 0 Å². The van der Waals surface area contributed by atoms with E-state index >= 15 is 0 Å². The summed E-state index contributed by atoms with van der Waals surface area (Å²) in [6.45, 7) is 4.10. The normalized spacial score (nSPS) is 27.2. The summed E-state index contributed by atoms with van der Waals surface area (Å²) in [5, 5.41) is 0. The van der Waals surface area contributed by atoms with E-state index in [-0.39, 0.29) is 22.9 Å². The number of hydrogen-bond donors (Lipinski definition) is 2. The minimum atomic E-state index is -3.76. The van der Waals surface area contributed by atoms with Gasteiger partial charge in [0.25, 0.3) is 0 Å². The molecule has 5 nitrogen and oxygen atoms in total. The lowest BCUT2D eigenvalue weighted by atomic mass is 9.70. The summed E-state index contributed by atoms with van der Waals surface area (Å²) < 4.78 is 29.7. The Kier molecular flexibility index (Phi) is 5.37. The van der Waals surface area contributed by atoms with E-state index in [9.17, 15) is 13.2 Å². The van der Waals surface area contributed by atoms with Crippen LogP contribution < -0.4 is 10.5 Å². The summed E-state index contributed by atoms with van der Waals surface area (Å²) in [7, 11) is -3.76. The molecular weight excluding hydrogens is 396 g/mol. The highest BCUT2D eigenvalue weighted by Crippen LogP contribution is 2.64. The maximum atomic E-state index is 13.4. The first-order chi connectivity index (χ1) is 14.2. The summed E-state index contributed by atoms with van der Waals surface area (Å²) in [5.41, 5.74) is 7.09. The molecule has 2 aromatic carbocycles. The van der Waals surface area contributed by atoms with Crippen LogP contribution in [-0.2, 0) is 14.8 Å². The molecule has 3 N–H and O–H groups in total. The molecular formula is C24H30N2O3S. The Bertz CT molecular complexity index is 1020. The summed E-state index contributed by atoms with van der Waals surface area (Å²) in [6.07, 6.45) is 2.05. The number of rotatable bonds is 7. The molecule has 0 radical (unpaired) electrons. The second-order valence-corrected chi connectivity index (χ2v) is 11.1. The number of carbonyl (C=O) groups is 1. The molecule has 30 heavy (non-hydrogen) atoms. The van der Waals surface area contributed by atoms with Gasteiger partial charge in [0.2, 0.25) is 10.0 Å². The number of ketones is 1. The first kappa shape index (κ1) is 21.2. The minimum Gasteiger partial charge on any atom is -0.322 e. The topological polar surface area (TPSA) is 89.3 Å². The second-order valence-electron chi connectivity index (χ2n) is 9.37. The lowest BCUT2D eigenvalue weighted by Gasteiger charge is -2.37. The minimum absolute atomic E-state index is 0.0951. The summed E-state index contributed by atoms with van der Waals surface area (Å²) in [4.78, 5) is 12.8. The van der Waals surface area contributed by atoms with Crippen molar-refractivity contribution in [2.75, 3.05) is 5.75 Å². The maximum Gasteiger partial charge on any atom is 0.213 e. The van der Waals surface area contributed by atoms with Gasteiger partial charge in [-0.05, 0) is 35.3 Å². The van der Waals surface area contributed by atoms with Crippen LogP contribution in [0.15, 0.2) is 60.7 Å². The van der Waals surface area contributed by atoms with Gasteiger partial charge in [-0.15, -0.1) is 0 Å². The number of nitrogens with one attached hydrogen (secondary N) is 1. The van der Waals surface area contributed by atoms with Gasteiger partial charge < -0.3 is 5.73 Å². The third-order valence-electron chi connectivity index (χ3n) is 7.58. The van der Waals surface area contributed by atoms with E-state index in [0.29, 0.717) is 12.8 Å². The van der Waals surface area contributed by atoms with Gasteiger partial charge in [-0.25, -0.2) is 13.1 Å². The van der Waals surface area contributed by atoms with E-state index in [1.165, 1.54) is 0 Å². The number of hydrogen-bond acceptors (Lipinski definition) is 4. The highest BCUT2D eigenvalue weighted by atomic mass is 32.2. The molecule has 2 saturated carbocycles. The lowest BCUT2D eigenvalue weighted by Crippen LogP contribution is -2.47. The standard InChI is InChI=1S/C24H30N2O3S/c1-23(2)19-13-14-24(23,20(27)15-19)16-30(28,29)26-22(18-11-7-4-8-12-18)21(25)17-9-5-3-6-10-17/h3-12,19,21-22,26H,13-16,25H2,1-2H3/t19?,21-,22+,24+/m0/s1. The molecule has 4 atom stereocenters. The number of benzene rings is 2. The van der Waals surface area contributed by atoms with Gasteiger partial charge in [0.05, 0.1) is 17.8 Å². The van der Waals surface area contributed by atoms with Crippen LogP contribution in [0.1, 0.15) is 56.3 Å². The molecule has 2 aromatic rings. The molecule has 0 amide bonds. The first-order valence-electron chi connectivity index (χ1n) is 10.6. The highest BCUT2D eigenvalue weighted by molar-refractivity contribution is 7.89. The predicted octanol–water partition coefficient (Wildman–Crippen LogP) is 3.74. The van der Waals surface area contributed by atoms with Gasteiger partial charge in [-0.1, -0.05) is 74.5 Å². The van der Waals surface area contributed by atoms with Gasteiger partial charge in [0.15, 0.2) is 0 Å². The van der Waals surface area contributed by atoms with Crippen LogP contribution in [0.25, 0.3) is 0 Å². The maximum absolute atomic E-state index is 13.4. The average Bonchev–Trinajstić information content (AvgIpc) is 3.07. The van der Waals surface area contributed by atoms with E-state index in [1.54, 1.807) is 0 Å². The average molecular weight is 427 g/mol. The molecule has 2 aliphatic carbocycles. The van der Waals surface area contributed by atoms with Crippen LogP contribution in [0.3, 0.4) is 0 Å². The van der Waals surface area contributed by atoms with E-state index in [0.717, 1.165) is 17.5 Å². The van der Waals surface area contributed by atoms with Crippen molar-refractivity contribution in [2.24, 2.45) is 22.5 Å². The van der Waals surface area contributed by atoms with Gasteiger partial charge in [0.1, 0.15) is 5.78 Å². The number of carbonyl (C=O) groups excluding carboxylic acids is 1. The monoisotopic (exact) mass is 426 g/mol. The van der Waals surface area contributed by atoms with E-state index in [2.05, 4.69) is 18.6 Å². The van der Waals surface area contributed by atoms with Gasteiger partial charge in [-0.2, -0.15) is 0 Å². The smallest absolute Gasteiger partial charge is 0.213 e. The summed E-state index contributed by atoms with van der Waals surface area (Å²) in [6, 6.07) is 17.7. The Morgan fingerprint density at radius 2 is 1.60 bits per heavy atom. The summed E-state index contributed by atoms with van der Waals surface area (Å²) in [5.74, 6) is 0.196. The lowest BCUT2D eigenvalue weighted by molar-refractivity contribution is -0.128. The zero-order valence-corrected chi connectivity index (χ0v) is 18.4. The fourth-order valence-corrected chi connectivity index (χ4v) is 7.62. The number of fused-ring (bicyclic) bond motifs is 2. The van der Waals surface area contributed by atoms with Gasteiger partial charge in [-0.3, -0.25) is 4.79 Å². The highest BCUT2D eigenvalue weighted by Gasteiger charge is 2.65. The van der Waals surface area contributed by atoms with E-state index < -0.39 is 27.5 Å². The molecule has 2 bridgehead atoms. The number of sulfonamides is 1. The van der Waals surface area contributed by atoms with Crippen molar-refractivity contribution in [3.8, 4) is 0 Å². The Morgan fingerprint density at radius 3 is 2.10 bits per heavy atom. The van der Waals surface area contributed by atoms with Crippen molar-refractivity contribution < 1.29 is 13.2 Å². The zero-order valence-electron chi connectivity index (χ0n) is 17.5. The molecule has 1 unspecified atom stereocenters. The van der Waals surface area contributed by atoms with Gasteiger partial charge >= 0.3 is 0 Å². The molecule has 2 fully saturated rings. The van der Waals surface area contributed by atoms with Crippen molar-refractivity contribution in [1.29, 1.82) is 0 Å². The fraction of sp³-hybridized carbons (Fsp3) is 0.458. The van der Waals surface area contributed by atoms with Gasteiger partial charge in [0, 0.05) is 11.8 Å². The number of Topliss-reactive ketones (excluding diaryl/α,β-unsaturated/α-hetero) is 1. The molecule has 0 spiro atoms. The Labute approximate surface area is 179 Å². The van der Waals surface area contributed by atoms with Crippen molar-refractivity contribution in [2.45, 2.75) is 45.2 Å². The Balaban J connectivity index is 1.65. The predicted molar refractivity (Wildman–Crippen MR) is 118 cm³/mol. The van der Waals surface area contributed by atoms with Crippen LogP contribution in [-0.4, -0.2) is 20.0 Å². The van der Waals surface area contributed by atoms with E-state index in [4.69, 9.17) is 5.73 Å². The quantitative estimate of drug-likeness (QED) is 0.706. The summed E-state index contributed by atoms with van der Waals surface area (Å²) >= 11 is 0. The SMILES string of the molecule is CC1(C)C2CC[C@@]1(CS(=O)(=O)N[C@H](c1ccccc1)[C@@H](N)c1ccccc1)C(=O)C2. The molecule has 6 heteroatoms. The number of nitrogens with two attached hydrogens (primary N) is 1. The van der Waals surface area contributed by atoms with Crippen molar-refractivity contribution in [3.05, 3.63) is 71.8 Å². The first-order valence-corrected chi connectivity index (χ1v) is 12.2. The van der Waals surface area contributed by atoms with Crippen LogP contribution in [0.4, 0.5) is 0 Å². The largest absolute Gasteiger partial charge is 0.322 e. The second kappa shape index (κ2) is 7.59. The van der Waals surface area contributed by atoms with Crippen LogP contribution in [0.2, 0.25) is 0 Å². The molecule has 0 saturated heterocycles. The Hall–Kier alpha value is -2.02. The molecule has 0 aromatic heterocycles. The third-order valence-corrected chi connectivity index (χ3v) is 9.07. The fourth-order valence-electron chi connectivity index (χ4n) is 5.54.